The highest BCUT2D eigenvalue weighted by Crippen LogP contribution is 2.56. The maximum absolute atomic E-state index is 12.6. The van der Waals surface area contributed by atoms with Crippen LogP contribution in [-0.2, 0) is 26.0 Å². The van der Waals surface area contributed by atoms with Crippen molar-refractivity contribution in [2.24, 2.45) is 0 Å². The number of sulfone groups is 1. The molecule has 2 aliphatic carbocycles. The van der Waals surface area contributed by atoms with Crippen molar-refractivity contribution in [1.82, 2.24) is 5.16 Å². The van der Waals surface area contributed by atoms with Crippen LogP contribution in [-0.4, -0.2) is 32.4 Å². The molecule has 0 radical (unpaired) electrons. The summed E-state index contributed by atoms with van der Waals surface area (Å²) in [7, 11) is -2.34. The molecule has 0 saturated heterocycles. The van der Waals surface area contributed by atoms with Crippen molar-refractivity contribution in [3.05, 3.63) is 98.2 Å². The van der Waals surface area contributed by atoms with Crippen molar-refractivity contribution in [3.63, 3.8) is 0 Å². The predicted octanol–water partition coefficient (Wildman–Crippen LogP) is 8.37. The van der Waals surface area contributed by atoms with Crippen molar-refractivity contribution in [2.75, 3.05) is 12.9 Å². The van der Waals surface area contributed by atoms with Crippen LogP contribution in [0.1, 0.15) is 65.9 Å². The second-order valence-corrected chi connectivity index (χ2v) is 14.2. The van der Waals surface area contributed by atoms with Gasteiger partial charge in [0.05, 0.1) is 39.8 Å². The summed E-state index contributed by atoms with van der Waals surface area (Å²) < 4.78 is 41.6. The van der Waals surface area contributed by atoms with E-state index in [0.717, 1.165) is 41.7 Å². The molecule has 1 aromatic heterocycles. The van der Waals surface area contributed by atoms with E-state index in [1.807, 2.05) is 30.3 Å². The van der Waals surface area contributed by atoms with E-state index in [1.165, 1.54) is 7.11 Å². The van der Waals surface area contributed by atoms with E-state index in [0.29, 0.717) is 38.0 Å². The molecule has 0 aliphatic heterocycles. The SMILES string of the molecule is COC(=O)CCS(=O)(=O)c1ccc(C2CC2c2ccc(OCc3c(-c4c(Cl)cccc4Cl)noc3C3CC3)cc2Cl)cc1. The lowest BCUT2D eigenvalue weighted by Crippen LogP contribution is -2.12. The molecular weight excluding hydrogens is 633 g/mol. The summed E-state index contributed by atoms with van der Waals surface area (Å²) in [6.07, 6.45) is 2.80. The zero-order valence-electron chi connectivity index (χ0n) is 23.2. The molecule has 2 atom stereocenters. The zero-order valence-corrected chi connectivity index (χ0v) is 26.3. The minimum atomic E-state index is -3.57. The molecule has 0 amide bonds. The lowest BCUT2D eigenvalue weighted by Gasteiger charge is -2.11. The standard InChI is InChI=1S/C32H28Cl3NO6S/c1-40-29(37)13-14-43(38,39)21-10-7-18(8-11-21)23-16-24(23)22-12-9-20(15-28(22)35)41-17-25-31(36-42-32(25)19-5-6-19)30-26(33)3-2-4-27(30)34/h2-4,7-12,15,19,23-24H,5-6,13-14,16-17H2,1H3. The molecule has 224 valence electrons. The number of hydrogen-bond donors (Lipinski definition) is 0. The minimum absolute atomic E-state index is 0.180. The lowest BCUT2D eigenvalue weighted by atomic mass is 10.0. The number of aromatic nitrogens is 1. The molecule has 0 N–H and O–H groups in total. The van der Waals surface area contributed by atoms with E-state index in [-0.39, 0.29) is 35.5 Å². The summed E-state index contributed by atoms with van der Waals surface area (Å²) in [4.78, 5) is 11.5. The van der Waals surface area contributed by atoms with Crippen molar-refractivity contribution in [2.45, 2.75) is 54.9 Å². The van der Waals surface area contributed by atoms with E-state index < -0.39 is 15.8 Å². The largest absolute Gasteiger partial charge is 0.489 e. The van der Waals surface area contributed by atoms with Crippen molar-refractivity contribution in [1.29, 1.82) is 0 Å². The van der Waals surface area contributed by atoms with Crippen molar-refractivity contribution < 1.29 is 27.2 Å². The Bertz CT molecular complexity index is 1760. The zero-order chi connectivity index (χ0) is 30.3. The first-order chi connectivity index (χ1) is 20.7. The van der Waals surface area contributed by atoms with Crippen LogP contribution in [0.2, 0.25) is 15.1 Å². The van der Waals surface area contributed by atoms with Gasteiger partial charge in [0.2, 0.25) is 0 Å². The summed E-state index contributed by atoms with van der Waals surface area (Å²) >= 11 is 19.7. The third kappa shape index (κ3) is 6.43. The van der Waals surface area contributed by atoms with E-state index in [9.17, 15) is 13.2 Å². The number of methoxy groups -OCH3 is 1. The van der Waals surface area contributed by atoms with Gasteiger partial charge in [-0.1, -0.05) is 64.2 Å². The van der Waals surface area contributed by atoms with Gasteiger partial charge in [-0.3, -0.25) is 4.79 Å². The van der Waals surface area contributed by atoms with Crippen LogP contribution in [0, 0.1) is 0 Å². The number of hydrogen-bond acceptors (Lipinski definition) is 7. The molecule has 11 heteroatoms. The molecule has 0 spiro atoms. The third-order valence-corrected chi connectivity index (χ3v) is 10.7. The minimum Gasteiger partial charge on any atom is -0.489 e. The Morgan fingerprint density at radius 3 is 2.35 bits per heavy atom. The quantitative estimate of drug-likeness (QED) is 0.149. The molecule has 2 saturated carbocycles. The summed E-state index contributed by atoms with van der Waals surface area (Å²) in [6, 6.07) is 17.9. The van der Waals surface area contributed by atoms with Gasteiger partial charge in [0.1, 0.15) is 23.8 Å². The maximum Gasteiger partial charge on any atom is 0.306 e. The van der Waals surface area contributed by atoms with Gasteiger partial charge in [0.15, 0.2) is 9.84 Å². The van der Waals surface area contributed by atoms with Crippen LogP contribution in [0.25, 0.3) is 11.3 Å². The third-order valence-electron chi connectivity index (χ3n) is 7.98. The molecule has 2 aliphatic rings. The van der Waals surface area contributed by atoms with E-state index in [2.05, 4.69) is 9.89 Å². The van der Waals surface area contributed by atoms with E-state index >= 15 is 0 Å². The first-order valence-corrected chi connectivity index (χ1v) is 16.7. The maximum atomic E-state index is 12.6. The Morgan fingerprint density at radius 1 is 0.977 bits per heavy atom. The highest BCUT2D eigenvalue weighted by atomic mass is 35.5. The average molecular weight is 661 g/mol. The highest BCUT2D eigenvalue weighted by Gasteiger charge is 2.41. The number of esters is 1. The Morgan fingerprint density at radius 2 is 1.70 bits per heavy atom. The number of ether oxygens (including phenoxy) is 2. The number of carbonyl (C=O) groups excluding carboxylic acids is 1. The summed E-state index contributed by atoms with van der Waals surface area (Å²) in [6.45, 7) is 0.225. The van der Waals surface area contributed by atoms with E-state index in [4.69, 9.17) is 44.1 Å². The Hall–Kier alpha value is -3.04. The highest BCUT2D eigenvalue weighted by molar-refractivity contribution is 7.91. The molecular formula is C32H28Cl3NO6S. The van der Waals surface area contributed by atoms with Crippen LogP contribution in [0.5, 0.6) is 5.75 Å². The first kappa shape index (κ1) is 30.0. The fraction of sp³-hybridized carbons (Fsp3) is 0.312. The molecule has 4 aromatic rings. The topological polar surface area (TPSA) is 95.7 Å². The van der Waals surface area contributed by atoms with Crippen LogP contribution in [0.15, 0.2) is 70.1 Å². The Balaban J connectivity index is 1.13. The number of carbonyl (C=O) groups is 1. The molecule has 6 rings (SSSR count). The number of benzene rings is 3. The molecule has 0 bridgehead atoms. The fourth-order valence-corrected chi connectivity index (χ4v) is 7.48. The van der Waals surface area contributed by atoms with Gasteiger partial charge >= 0.3 is 5.97 Å². The second-order valence-electron chi connectivity index (χ2n) is 10.9. The number of halogens is 3. The number of nitrogens with zero attached hydrogens (tertiary/aromatic N) is 1. The van der Waals surface area contributed by atoms with Gasteiger partial charge in [-0.05, 0) is 78.6 Å². The first-order valence-electron chi connectivity index (χ1n) is 13.9. The number of rotatable bonds is 11. The average Bonchev–Trinajstić information content (AvgIpc) is 3.93. The normalized spacial score (nSPS) is 18.0. The summed E-state index contributed by atoms with van der Waals surface area (Å²) in [5.74, 6) is 1.34. The molecule has 43 heavy (non-hydrogen) atoms. The van der Waals surface area contributed by atoms with Crippen LogP contribution < -0.4 is 4.74 Å². The van der Waals surface area contributed by atoms with Gasteiger partial charge in [-0.25, -0.2) is 8.42 Å². The molecule has 1 heterocycles. The van der Waals surface area contributed by atoms with Gasteiger partial charge in [-0.15, -0.1) is 0 Å². The van der Waals surface area contributed by atoms with E-state index in [1.54, 1.807) is 30.3 Å². The molecule has 2 fully saturated rings. The van der Waals surface area contributed by atoms with Crippen molar-refractivity contribution >= 4 is 50.6 Å². The summed E-state index contributed by atoms with van der Waals surface area (Å²) in [5.41, 5.74) is 4.10. The second kappa shape index (κ2) is 12.2. The molecule has 2 unspecified atom stereocenters. The lowest BCUT2D eigenvalue weighted by molar-refractivity contribution is -0.140. The van der Waals surface area contributed by atoms with Crippen LogP contribution in [0.3, 0.4) is 0 Å². The fourth-order valence-electron chi connectivity index (χ4n) is 5.37. The van der Waals surface area contributed by atoms with Gasteiger partial charge in [0, 0.05) is 16.5 Å². The van der Waals surface area contributed by atoms with Gasteiger partial charge < -0.3 is 14.0 Å². The van der Waals surface area contributed by atoms with Crippen LogP contribution >= 0.6 is 34.8 Å². The monoisotopic (exact) mass is 659 g/mol. The molecule has 3 aromatic carbocycles. The van der Waals surface area contributed by atoms with Crippen LogP contribution in [0.4, 0.5) is 0 Å². The van der Waals surface area contributed by atoms with Gasteiger partial charge in [-0.2, -0.15) is 0 Å². The Labute approximate surface area is 264 Å². The molecule has 7 nitrogen and oxygen atoms in total. The predicted molar refractivity (Wildman–Crippen MR) is 165 cm³/mol. The van der Waals surface area contributed by atoms with Crippen molar-refractivity contribution in [3.8, 4) is 17.0 Å². The van der Waals surface area contributed by atoms with Gasteiger partial charge in [0.25, 0.3) is 0 Å². The summed E-state index contributed by atoms with van der Waals surface area (Å²) in [5, 5.41) is 5.91. The Kier molecular flexibility index (Phi) is 8.48. The smallest absolute Gasteiger partial charge is 0.306 e.